The van der Waals surface area contributed by atoms with E-state index < -0.39 is 9.85 Å². The lowest BCUT2D eigenvalue weighted by Gasteiger charge is -2.24. The minimum Gasteiger partial charge on any atom is -1.00 e. The molecule has 1 aliphatic heterocycles. The van der Waals surface area contributed by atoms with Crippen LogP contribution in [0.5, 0.6) is 0 Å². The normalized spacial score (nSPS) is 13.8. The Morgan fingerprint density at radius 1 is 0.857 bits per heavy atom. The smallest absolute Gasteiger partial charge is 0.269 e. The number of hydrazine groups is 1. The molecule has 0 saturated heterocycles. The second kappa shape index (κ2) is 7.79. The van der Waals surface area contributed by atoms with Gasteiger partial charge in [-0.05, 0) is 45.0 Å². The molecule has 0 unspecified atom stereocenters. The summed E-state index contributed by atoms with van der Waals surface area (Å²) in [7, 11) is 0. The number of nitrogens with zero attached hydrogens (tertiary/aromatic N) is 5. The van der Waals surface area contributed by atoms with Crippen molar-refractivity contribution in [2.24, 2.45) is 10.5 Å². The van der Waals surface area contributed by atoms with E-state index in [1.54, 1.807) is 34.5 Å². The van der Waals surface area contributed by atoms with Gasteiger partial charge in [-0.15, -0.1) is 10.2 Å². The van der Waals surface area contributed by atoms with E-state index in [1.807, 2.05) is 26.2 Å². The molecule has 0 saturated carbocycles. The highest BCUT2D eigenvalue weighted by Crippen LogP contribution is 2.27. The third-order valence-electron chi connectivity index (χ3n) is 4.04. The fourth-order valence-electron chi connectivity index (χ4n) is 2.49. The number of hydrogen-bond donors (Lipinski definition) is 1. The van der Waals surface area contributed by atoms with Crippen molar-refractivity contribution < 1.29 is 27.7 Å². The molecule has 0 atom stereocenters. The summed E-state index contributed by atoms with van der Waals surface area (Å²) in [5.41, 5.74) is 2.92. The van der Waals surface area contributed by atoms with Gasteiger partial charge in [0.15, 0.2) is 0 Å². The van der Waals surface area contributed by atoms with Gasteiger partial charge >= 0.3 is 0 Å². The topological polar surface area (TPSA) is 122 Å². The molecule has 28 heavy (non-hydrogen) atoms. The summed E-state index contributed by atoms with van der Waals surface area (Å²) in [6, 6.07) is 12.2. The van der Waals surface area contributed by atoms with Gasteiger partial charge in [0.2, 0.25) is 0 Å². The number of nitrogens with two attached hydrogens (primary N) is 1. The summed E-state index contributed by atoms with van der Waals surface area (Å²) >= 11 is 0. The van der Waals surface area contributed by atoms with E-state index in [-0.39, 0.29) is 29.2 Å². The Balaban J connectivity index is 0.00000280. The molecule has 11 heteroatoms. The van der Waals surface area contributed by atoms with Crippen molar-refractivity contribution in [3.63, 3.8) is 0 Å². The van der Waals surface area contributed by atoms with Crippen LogP contribution >= 0.6 is 0 Å². The fraction of sp³-hybridized carbons (Fsp3) is 0.235. The Morgan fingerprint density at radius 3 is 1.68 bits per heavy atom. The molecule has 2 aromatic rings. The number of quaternary nitrogens is 1. The van der Waals surface area contributed by atoms with Crippen LogP contribution in [-0.2, 0) is 0 Å². The number of non-ortho nitro benzene ring substituents is 2. The predicted octanol–water partition coefficient (Wildman–Crippen LogP) is -0.413. The van der Waals surface area contributed by atoms with E-state index in [1.165, 1.54) is 24.3 Å². The molecule has 0 fully saturated rings. The number of amidine groups is 1. The Hall–Kier alpha value is -3.24. The van der Waals surface area contributed by atoms with Crippen LogP contribution in [0.2, 0.25) is 0 Å². The Labute approximate surface area is 167 Å². The molecular formula is C17H19ClN6O4. The number of nitro groups is 2. The van der Waals surface area contributed by atoms with Gasteiger partial charge in [0.05, 0.1) is 20.9 Å². The lowest BCUT2D eigenvalue weighted by molar-refractivity contribution is -0.552. The van der Waals surface area contributed by atoms with Crippen molar-refractivity contribution in [2.45, 2.75) is 20.8 Å². The molecule has 0 aromatic heterocycles. The maximum atomic E-state index is 10.9. The van der Waals surface area contributed by atoms with Crippen LogP contribution in [0, 0.1) is 25.6 Å². The van der Waals surface area contributed by atoms with E-state index in [4.69, 9.17) is 0 Å². The van der Waals surface area contributed by atoms with E-state index in [2.05, 4.69) is 5.10 Å². The molecule has 0 radical (unpaired) electrons. The Morgan fingerprint density at radius 2 is 1.29 bits per heavy atom. The number of anilines is 2. The quantitative estimate of drug-likeness (QED) is 0.418. The van der Waals surface area contributed by atoms with Crippen molar-refractivity contribution >= 4 is 28.6 Å². The molecule has 2 N–H and O–H groups in total. The van der Waals surface area contributed by atoms with E-state index in [0.29, 0.717) is 11.4 Å². The lowest BCUT2D eigenvalue weighted by atomic mass is 9.95. The summed E-state index contributed by atoms with van der Waals surface area (Å²) in [4.78, 5) is 20.9. The molecule has 2 aromatic carbocycles. The number of rotatable bonds is 4. The first kappa shape index (κ1) is 21.1. The Kier molecular flexibility index (Phi) is 5.86. The highest BCUT2D eigenvalue weighted by molar-refractivity contribution is 5.82. The molecular weight excluding hydrogens is 388 g/mol. The van der Waals surface area contributed by atoms with Crippen LogP contribution in [0.1, 0.15) is 20.8 Å². The van der Waals surface area contributed by atoms with Crippen LogP contribution in [0.4, 0.5) is 22.7 Å². The zero-order valence-electron chi connectivity index (χ0n) is 15.4. The van der Waals surface area contributed by atoms with Crippen LogP contribution in [0.3, 0.4) is 0 Å². The Bertz CT molecular complexity index is 909. The van der Waals surface area contributed by atoms with Gasteiger partial charge in [-0.3, -0.25) is 20.2 Å². The lowest BCUT2D eigenvalue weighted by Crippen LogP contribution is -3.00. The summed E-state index contributed by atoms with van der Waals surface area (Å²) in [5.74, 6) is 0.805. The molecule has 1 heterocycles. The number of hydrazone groups is 1. The van der Waals surface area contributed by atoms with Gasteiger partial charge in [0, 0.05) is 24.3 Å². The van der Waals surface area contributed by atoms with Gasteiger partial charge in [-0.25, -0.2) is 0 Å². The zero-order chi connectivity index (χ0) is 19.8. The molecule has 1 aliphatic rings. The zero-order valence-corrected chi connectivity index (χ0v) is 16.2. The van der Waals surface area contributed by atoms with Gasteiger partial charge < -0.3 is 12.4 Å². The molecule has 0 bridgehead atoms. The van der Waals surface area contributed by atoms with Crippen LogP contribution in [0.15, 0.2) is 53.6 Å². The van der Waals surface area contributed by atoms with Crippen LogP contribution < -0.4 is 28.1 Å². The average Bonchev–Trinajstić information content (AvgIpc) is 3.07. The monoisotopic (exact) mass is 406 g/mol. The molecule has 0 spiro atoms. The second-order valence-electron chi connectivity index (χ2n) is 7.05. The van der Waals surface area contributed by atoms with E-state index in [0.717, 1.165) is 5.84 Å². The van der Waals surface area contributed by atoms with Crippen LogP contribution in [-0.4, -0.2) is 15.7 Å². The number of halogens is 1. The van der Waals surface area contributed by atoms with Gasteiger partial charge in [0.25, 0.3) is 17.2 Å². The van der Waals surface area contributed by atoms with Gasteiger partial charge in [-0.1, -0.05) is 5.10 Å². The van der Waals surface area contributed by atoms with Crippen molar-refractivity contribution in [1.29, 1.82) is 0 Å². The second-order valence-corrected chi connectivity index (χ2v) is 7.05. The van der Waals surface area contributed by atoms with E-state index in [9.17, 15) is 20.2 Å². The molecule has 0 aliphatic carbocycles. The highest BCUT2D eigenvalue weighted by atomic mass is 35.5. The van der Waals surface area contributed by atoms with Crippen molar-refractivity contribution in [3.05, 3.63) is 68.8 Å². The minimum atomic E-state index is -0.460. The predicted molar refractivity (Wildman–Crippen MR) is 100.0 cm³/mol. The first-order chi connectivity index (χ1) is 12.7. The van der Waals surface area contributed by atoms with E-state index >= 15 is 0 Å². The number of nitro benzene ring substituents is 2. The standard InChI is InChI=1S/C17H18N6O4.ClH/c1-17(2,3)16-18-20(12-4-8-14(9-5-12)22(24)25)21(19-16)13-6-10-15(11-7-13)23(26)27;/h4-11H,1-3H3,(H,18,19);1H. The maximum absolute atomic E-state index is 10.9. The summed E-state index contributed by atoms with van der Waals surface area (Å²) in [6.45, 7) is 6.07. The molecule has 0 amide bonds. The molecule has 10 nitrogen and oxygen atoms in total. The average molecular weight is 407 g/mol. The maximum Gasteiger partial charge on any atom is 0.269 e. The van der Waals surface area contributed by atoms with Crippen molar-refractivity contribution in [3.8, 4) is 0 Å². The van der Waals surface area contributed by atoms with Crippen molar-refractivity contribution in [2.75, 3.05) is 10.2 Å². The first-order valence-corrected chi connectivity index (χ1v) is 8.19. The summed E-state index contributed by atoms with van der Waals surface area (Å²) in [5, 5.41) is 29.8. The third kappa shape index (κ3) is 4.18. The number of hydrogen-bond acceptors (Lipinski definition) is 7. The minimum absolute atomic E-state index is 0. The summed E-state index contributed by atoms with van der Waals surface area (Å²) in [6.07, 6.45) is 0. The number of benzene rings is 2. The van der Waals surface area contributed by atoms with Crippen molar-refractivity contribution in [1.82, 2.24) is 0 Å². The van der Waals surface area contributed by atoms with Gasteiger partial charge in [0.1, 0.15) is 5.69 Å². The first-order valence-electron chi connectivity index (χ1n) is 8.19. The SMILES string of the molecule is CC(C)(C)C1=NN(c2ccc([N+](=O)[O-])cc2)N(c2ccc([N+](=O)[O-])cc2)[NH2+]1.[Cl-]. The molecule has 148 valence electrons. The summed E-state index contributed by atoms with van der Waals surface area (Å²) < 4.78 is 0. The van der Waals surface area contributed by atoms with Crippen LogP contribution in [0.25, 0.3) is 0 Å². The molecule has 3 rings (SSSR count). The fourth-order valence-corrected chi connectivity index (χ4v) is 2.49. The van der Waals surface area contributed by atoms with Gasteiger partial charge in [-0.2, -0.15) is 5.43 Å². The third-order valence-corrected chi connectivity index (χ3v) is 4.04. The largest absolute Gasteiger partial charge is 1.00 e. The highest BCUT2D eigenvalue weighted by Gasteiger charge is 2.37.